The van der Waals surface area contributed by atoms with Crippen LogP contribution in [-0.2, 0) is 7.05 Å². The van der Waals surface area contributed by atoms with Crippen LogP contribution in [0, 0.1) is 5.82 Å². The van der Waals surface area contributed by atoms with E-state index in [0.717, 1.165) is 10.9 Å². The van der Waals surface area contributed by atoms with Gasteiger partial charge in [-0.25, -0.2) is 4.39 Å². The summed E-state index contributed by atoms with van der Waals surface area (Å²) in [7, 11) is 1.88. The summed E-state index contributed by atoms with van der Waals surface area (Å²) < 4.78 is 15.4. The minimum absolute atomic E-state index is 0.0112. The molecule has 2 amide bonds. The Hall–Kier alpha value is -3.15. The molecule has 0 aliphatic carbocycles. The number of halogens is 1. The van der Waals surface area contributed by atoms with Gasteiger partial charge in [0, 0.05) is 37.2 Å². The number of aromatic nitrogens is 1. The molecule has 3 rings (SSSR count). The summed E-state index contributed by atoms with van der Waals surface area (Å²) in [6.45, 7) is 0.464. The van der Waals surface area contributed by atoms with E-state index in [1.165, 1.54) is 18.2 Å². The molecular formula is C19H18FN3O2. The van der Waals surface area contributed by atoms with E-state index in [9.17, 15) is 14.0 Å². The highest BCUT2D eigenvalue weighted by atomic mass is 19.1. The zero-order valence-electron chi connectivity index (χ0n) is 13.8. The van der Waals surface area contributed by atoms with Crippen molar-refractivity contribution in [2.45, 2.75) is 0 Å². The molecule has 0 aliphatic rings. The number of fused-ring (bicyclic) bond motifs is 1. The molecule has 0 aliphatic heterocycles. The van der Waals surface area contributed by atoms with Crippen molar-refractivity contribution in [3.63, 3.8) is 0 Å². The van der Waals surface area contributed by atoms with Gasteiger partial charge in [-0.2, -0.15) is 0 Å². The Balaban J connectivity index is 1.56. The Morgan fingerprint density at radius 3 is 2.24 bits per heavy atom. The molecule has 0 unspecified atom stereocenters. The van der Waals surface area contributed by atoms with Crippen molar-refractivity contribution >= 4 is 22.7 Å². The van der Waals surface area contributed by atoms with Crippen LogP contribution < -0.4 is 10.6 Å². The zero-order valence-corrected chi connectivity index (χ0v) is 13.8. The first kappa shape index (κ1) is 16.7. The topological polar surface area (TPSA) is 63.1 Å². The van der Waals surface area contributed by atoms with E-state index in [0.29, 0.717) is 5.56 Å². The maximum absolute atomic E-state index is 13.5. The van der Waals surface area contributed by atoms with Crippen LogP contribution in [0.1, 0.15) is 20.7 Å². The maximum atomic E-state index is 13.5. The second-order valence-electron chi connectivity index (χ2n) is 5.66. The first-order valence-corrected chi connectivity index (χ1v) is 7.93. The molecule has 1 heterocycles. The first-order valence-electron chi connectivity index (χ1n) is 7.93. The Morgan fingerprint density at radius 2 is 1.52 bits per heavy atom. The highest BCUT2D eigenvalue weighted by molar-refractivity contribution is 6.07. The van der Waals surface area contributed by atoms with Crippen LogP contribution in [0.4, 0.5) is 4.39 Å². The van der Waals surface area contributed by atoms with E-state index in [2.05, 4.69) is 10.6 Å². The van der Waals surface area contributed by atoms with Gasteiger partial charge in [0.15, 0.2) is 0 Å². The highest BCUT2D eigenvalue weighted by Crippen LogP contribution is 2.19. The predicted octanol–water partition coefficient (Wildman–Crippen LogP) is 2.48. The molecule has 0 spiro atoms. The Bertz CT molecular complexity index is 933. The summed E-state index contributed by atoms with van der Waals surface area (Å²) in [5, 5.41) is 6.23. The number of benzene rings is 2. The SMILES string of the molecule is Cn1cc(C(=O)NCCNC(=O)c2ccccc2F)c2ccccc21. The lowest BCUT2D eigenvalue weighted by Gasteiger charge is -2.07. The fourth-order valence-electron chi connectivity index (χ4n) is 2.71. The summed E-state index contributed by atoms with van der Waals surface area (Å²) >= 11 is 0. The Morgan fingerprint density at radius 1 is 0.920 bits per heavy atom. The third-order valence-corrected chi connectivity index (χ3v) is 3.96. The lowest BCUT2D eigenvalue weighted by molar-refractivity contribution is 0.0926. The summed E-state index contributed by atoms with van der Waals surface area (Å²) in [6.07, 6.45) is 1.78. The van der Waals surface area contributed by atoms with Crippen LogP contribution in [0.2, 0.25) is 0 Å². The van der Waals surface area contributed by atoms with Crippen LogP contribution >= 0.6 is 0 Å². The van der Waals surface area contributed by atoms with Gasteiger partial charge in [0.1, 0.15) is 5.82 Å². The lowest BCUT2D eigenvalue weighted by Crippen LogP contribution is -2.35. The van der Waals surface area contributed by atoms with E-state index >= 15 is 0 Å². The van der Waals surface area contributed by atoms with E-state index < -0.39 is 11.7 Å². The number of carbonyl (C=O) groups excluding carboxylic acids is 2. The largest absolute Gasteiger partial charge is 0.350 e. The maximum Gasteiger partial charge on any atom is 0.254 e. The van der Waals surface area contributed by atoms with Gasteiger partial charge in [0.2, 0.25) is 0 Å². The van der Waals surface area contributed by atoms with Crippen molar-refractivity contribution < 1.29 is 14.0 Å². The second kappa shape index (κ2) is 7.17. The van der Waals surface area contributed by atoms with Gasteiger partial charge in [0.05, 0.1) is 11.1 Å². The Kier molecular flexibility index (Phi) is 4.79. The van der Waals surface area contributed by atoms with Gasteiger partial charge in [-0.1, -0.05) is 30.3 Å². The monoisotopic (exact) mass is 339 g/mol. The quantitative estimate of drug-likeness (QED) is 0.702. The molecule has 6 heteroatoms. The Labute approximate surface area is 144 Å². The van der Waals surface area contributed by atoms with Crippen molar-refractivity contribution in [3.05, 3.63) is 71.7 Å². The molecule has 128 valence electrons. The zero-order chi connectivity index (χ0) is 17.8. The van der Waals surface area contributed by atoms with Crippen molar-refractivity contribution in [3.8, 4) is 0 Å². The number of hydrogen-bond donors (Lipinski definition) is 2. The number of aryl methyl sites for hydroxylation is 1. The van der Waals surface area contributed by atoms with Crippen LogP contribution in [0.25, 0.3) is 10.9 Å². The second-order valence-corrected chi connectivity index (χ2v) is 5.66. The summed E-state index contributed by atoms with van der Waals surface area (Å²) in [6, 6.07) is 13.4. The molecule has 2 N–H and O–H groups in total. The van der Waals surface area contributed by atoms with Crippen molar-refractivity contribution in [1.82, 2.24) is 15.2 Å². The summed E-state index contributed by atoms with van der Waals surface area (Å²) in [4.78, 5) is 24.2. The molecule has 0 saturated carbocycles. The normalized spacial score (nSPS) is 10.6. The summed E-state index contributed by atoms with van der Waals surface area (Å²) in [5.74, 6) is -1.28. The minimum Gasteiger partial charge on any atom is -0.350 e. The van der Waals surface area contributed by atoms with Gasteiger partial charge >= 0.3 is 0 Å². The minimum atomic E-state index is -0.570. The number of hydrogen-bond acceptors (Lipinski definition) is 2. The average molecular weight is 339 g/mol. The number of carbonyl (C=O) groups is 2. The first-order chi connectivity index (χ1) is 12.1. The third kappa shape index (κ3) is 3.52. The van der Waals surface area contributed by atoms with E-state index in [1.807, 2.05) is 35.9 Å². The van der Waals surface area contributed by atoms with E-state index in [1.54, 1.807) is 12.3 Å². The molecule has 0 fully saturated rings. The van der Waals surface area contributed by atoms with E-state index in [4.69, 9.17) is 0 Å². The molecule has 0 atom stereocenters. The molecule has 25 heavy (non-hydrogen) atoms. The fourth-order valence-corrected chi connectivity index (χ4v) is 2.71. The van der Waals surface area contributed by atoms with Gasteiger partial charge < -0.3 is 15.2 Å². The number of amides is 2. The molecule has 0 radical (unpaired) electrons. The molecule has 5 nitrogen and oxygen atoms in total. The third-order valence-electron chi connectivity index (χ3n) is 3.96. The van der Waals surface area contributed by atoms with Crippen molar-refractivity contribution in [2.24, 2.45) is 7.05 Å². The van der Waals surface area contributed by atoms with Crippen molar-refractivity contribution in [1.29, 1.82) is 0 Å². The number of nitrogens with zero attached hydrogens (tertiary/aromatic N) is 1. The van der Waals surface area contributed by atoms with Gasteiger partial charge in [-0.05, 0) is 18.2 Å². The molecule has 2 aromatic carbocycles. The standard InChI is InChI=1S/C19H18FN3O2/c1-23-12-15(13-6-3-5-9-17(13)23)19(25)22-11-10-21-18(24)14-7-2-4-8-16(14)20/h2-9,12H,10-11H2,1H3,(H,21,24)(H,22,25). The van der Waals surface area contributed by atoms with Crippen molar-refractivity contribution in [2.75, 3.05) is 13.1 Å². The van der Waals surface area contributed by atoms with Gasteiger partial charge in [0.25, 0.3) is 11.8 Å². The lowest BCUT2D eigenvalue weighted by atomic mass is 10.1. The van der Waals surface area contributed by atoms with Gasteiger partial charge in [-0.15, -0.1) is 0 Å². The molecule has 0 saturated heterocycles. The smallest absolute Gasteiger partial charge is 0.254 e. The molecule has 0 bridgehead atoms. The fraction of sp³-hybridized carbons (Fsp3) is 0.158. The van der Waals surface area contributed by atoms with Crippen LogP contribution in [0.3, 0.4) is 0 Å². The number of rotatable bonds is 5. The van der Waals surface area contributed by atoms with Crippen LogP contribution in [0.5, 0.6) is 0 Å². The number of nitrogens with one attached hydrogen (secondary N) is 2. The summed E-state index contributed by atoms with van der Waals surface area (Å²) in [5.41, 5.74) is 1.54. The molecule has 1 aromatic heterocycles. The number of para-hydroxylation sites is 1. The van der Waals surface area contributed by atoms with Gasteiger partial charge in [-0.3, -0.25) is 9.59 Å². The highest BCUT2D eigenvalue weighted by Gasteiger charge is 2.13. The molecule has 3 aromatic rings. The van der Waals surface area contributed by atoms with Crippen LogP contribution in [-0.4, -0.2) is 29.5 Å². The average Bonchev–Trinajstić information content (AvgIpc) is 2.96. The molecular weight excluding hydrogens is 321 g/mol. The predicted molar refractivity (Wildman–Crippen MR) is 94.0 cm³/mol. The van der Waals surface area contributed by atoms with E-state index in [-0.39, 0.29) is 24.6 Å². The van der Waals surface area contributed by atoms with Crippen LogP contribution in [0.15, 0.2) is 54.7 Å².